The Balaban J connectivity index is 2.10. The van der Waals surface area contributed by atoms with Crippen LogP contribution in [0, 0.1) is 10.8 Å². The molecule has 1 saturated heterocycles. The summed E-state index contributed by atoms with van der Waals surface area (Å²) in [6.45, 7) is 1.74. The van der Waals surface area contributed by atoms with Crippen LogP contribution in [0.1, 0.15) is 25.7 Å². The molecule has 5 heteroatoms. The third kappa shape index (κ3) is 1.42. The zero-order valence-electron chi connectivity index (χ0n) is 8.45. The molecular weight excluding hydrogens is 198 g/mol. The summed E-state index contributed by atoms with van der Waals surface area (Å²) >= 11 is 0. The second-order valence-electron chi connectivity index (χ2n) is 4.80. The van der Waals surface area contributed by atoms with E-state index < -0.39 is 17.4 Å². The van der Waals surface area contributed by atoms with E-state index in [2.05, 4.69) is 5.32 Å². The molecule has 1 spiro atoms. The fourth-order valence-electron chi connectivity index (χ4n) is 2.93. The summed E-state index contributed by atoms with van der Waals surface area (Å²) in [6.07, 6.45) is 2.39. The smallest absolute Gasteiger partial charge is 0.321 e. The minimum absolute atomic E-state index is 0.0258. The quantitative estimate of drug-likeness (QED) is 0.574. The Kier molecular flexibility index (Phi) is 2.22. The summed E-state index contributed by atoms with van der Waals surface area (Å²) in [5, 5.41) is 21.1. The predicted octanol–water partition coefficient (Wildman–Crippen LogP) is 0.306. The molecule has 2 rings (SSSR count). The lowest BCUT2D eigenvalue weighted by Gasteiger charge is -2.53. The van der Waals surface area contributed by atoms with Crippen molar-refractivity contribution in [3.8, 4) is 0 Å². The maximum Gasteiger partial charge on any atom is 0.321 e. The first-order chi connectivity index (χ1) is 7.01. The van der Waals surface area contributed by atoms with Crippen LogP contribution in [-0.4, -0.2) is 35.2 Å². The van der Waals surface area contributed by atoms with Crippen molar-refractivity contribution in [2.24, 2.45) is 10.8 Å². The number of nitrogens with one attached hydrogen (secondary N) is 1. The summed E-state index contributed by atoms with van der Waals surface area (Å²) in [5.74, 6) is -2.36. The molecule has 1 aliphatic heterocycles. The molecule has 0 amide bonds. The first-order valence-corrected chi connectivity index (χ1v) is 5.18. The van der Waals surface area contributed by atoms with Gasteiger partial charge in [0, 0.05) is 0 Å². The summed E-state index contributed by atoms with van der Waals surface area (Å²) in [4.78, 5) is 21.9. The number of hydrogen-bond donors (Lipinski definition) is 3. The highest BCUT2D eigenvalue weighted by Gasteiger charge is 2.63. The van der Waals surface area contributed by atoms with E-state index in [0.29, 0.717) is 12.8 Å². The summed E-state index contributed by atoms with van der Waals surface area (Å²) in [7, 11) is 0. The van der Waals surface area contributed by atoms with E-state index >= 15 is 0 Å². The number of aliphatic carboxylic acids is 2. The van der Waals surface area contributed by atoms with Gasteiger partial charge in [0.15, 0.2) is 5.41 Å². The minimum Gasteiger partial charge on any atom is -0.480 e. The average Bonchev–Trinajstić information content (AvgIpc) is 2.14. The van der Waals surface area contributed by atoms with Crippen molar-refractivity contribution in [1.29, 1.82) is 0 Å². The van der Waals surface area contributed by atoms with E-state index in [4.69, 9.17) is 10.2 Å². The minimum atomic E-state index is -1.50. The van der Waals surface area contributed by atoms with Gasteiger partial charge in [-0.05, 0) is 44.2 Å². The Bertz CT molecular complexity index is 283. The number of carboxylic acid groups (broad SMARTS) is 2. The van der Waals surface area contributed by atoms with Crippen LogP contribution in [0.2, 0.25) is 0 Å². The lowest BCUT2D eigenvalue weighted by Crippen LogP contribution is -2.58. The monoisotopic (exact) mass is 213 g/mol. The van der Waals surface area contributed by atoms with Crippen LogP contribution in [0.25, 0.3) is 0 Å². The largest absolute Gasteiger partial charge is 0.480 e. The van der Waals surface area contributed by atoms with Crippen LogP contribution in [0.4, 0.5) is 0 Å². The second-order valence-corrected chi connectivity index (χ2v) is 4.80. The van der Waals surface area contributed by atoms with Crippen LogP contribution >= 0.6 is 0 Å². The number of carbonyl (C=O) groups is 2. The van der Waals surface area contributed by atoms with E-state index in [1.165, 1.54) is 0 Å². The van der Waals surface area contributed by atoms with Crippen molar-refractivity contribution in [2.45, 2.75) is 25.7 Å². The molecule has 0 aromatic rings. The fraction of sp³-hybridized carbons (Fsp3) is 0.800. The predicted molar refractivity (Wildman–Crippen MR) is 51.5 cm³/mol. The molecule has 0 atom stereocenters. The molecule has 1 heterocycles. The van der Waals surface area contributed by atoms with E-state index in [-0.39, 0.29) is 5.41 Å². The molecule has 3 N–H and O–H groups in total. The van der Waals surface area contributed by atoms with Crippen molar-refractivity contribution in [3.05, 3.63) is 0 Å². The van der Waals surface area contributed by atoms with Gasteiger partial charge in [-0.15, -0.1) is 0 Å². The van der Waals surface area contributed by atoms with Crippen LogP contribution in [-0.2, 0) is 9.59 Å². The van der Waals surface area contributed by atoms with Crippen LogP contribution < -0.4 is 5.32 Å². The van der Waals surface area contributed by atoms with E-state index in [0.717, 1.165) is 25.9 Å². The zero-order chi connectivity index (χ0) is 11.1. The molecule has 84 valence electrons. The standard InChI is InChI=1S/C10H15NO4/c12-7(13)10(8(14)15)5-9(6-10)1-3-11-4-2-9/h11H,1-6H2,(H,12,13)(H,14,15). The van der Waals surface area contributed by atoms with E-state index in [1.54, 1.807) is 0 Å². The molecule has 0 aromatic carbocycles. The Morgan fingerprint density at radius 3 is 1.87 bits per heavy atom. The van der Waals surface area contributed by atoms with Gasteiger partial charge in [0.1, 0.15) is 0 Å². The molecule has 2 aliphatic rings. The van der Waals surface area contributed by atoms with Gasteiger partial charge in [-0.25, -0.2) is 0 Å². The van der Waals surface area contributed by atoms with Gasteiger partial charge in [0.25, 0.3) is 0 Å². The van der Waals surface area contributed by atoms with Crippen molar-refractivity contribution in [2.75, 3.05) is 13.1 Å². The number of carboxylic acids is 2. The lowest BCUT2D eigenvalue weighted by atomic mass is 9.49. The molecule has 0 unspecified atom stereocenters. The van der Waals surface area contributed by atoms with Gasteiger partial charge in [0.05, 0.1) is 0 Å². The lowest BCUT2D eigenvalue weighted by molar-refractivity contribution is -0.185. The zero-order valence-corrected chi connectivity index (χ0v) is 8.45. The molecule has 1 saturated carbocycles. The molecule has 1 aliphatic carbocycles. The van der Waals surface area contributed by atoms with Crippen molar-refractivity contribution in [1.82, 2.24) is 5.32 Å². The molecule has 0 bridgehead atoms. The van der Waals surface area contributed by atoms with Crippen LogP contribution in [0.3, 0.4) is 0 Å². The normalized spacial score (nSPS) is 26.9. The van der Waals surface area contributed by atoms with Crippen molar-refractivity contribution >= 4 is 11.9 Å². The maximum atomic E-state index is 11.0. The summed E-state index contributed by atoms with van der Waals surface area (Å²) in [5.41, 5.74) is -1.53. The number of hydrogen-bond acceptors (Lipinski definition) is 3. The summed E-state index contributed by atoms with van der Waals surface area (Å²) in [6, 6.07) is 0. The van der Waals surface area contributed by atoms with Gasteiger partial charge >= 0.3 is 11.9 Å². The Morgan fingerprint density at radius 2 is 1.47 bits per heavy atom. The SMILES string of the molecule is O=C(O)C1(C(=O)O)CC2(CCNCC2)C1. The van der Waals surface area contributed by atoms with Gasteiger partial charge in [-0.2, -0.15) is 0 Å². The highest BCUT2D eigenvalue weighted by molar-refractivity contribution is 5.99. The molecule has 15 heavy (non-hydrogen) atoms. The first kappa shape index (κ1) is 10.4. The molecule has 2 fully saturated rings. The van der Waals surface area contributed by atoms with Gasteiger partial charge < -0.3 is 15.5 Å². The first-order valence-electron chi connectivity index (χ1n) is 5.18. The third-order valence-corrected chi connectivity index (χ3v) is 3.84. The highest BCUT2D eigenvalue weighted by Crippen LogP contribution is 2.59. The maximum absolute atomic E-state index is 11.0. The van der Waals surface area contributed by atoms with Crippen LogP contribution in [0.5, 0.6) is 0 Å². The molecule has 5 nitrogen and oxygen atoms in total. The fourth-order valence-corrected chi connectivity index (χ4v) is 2.93. The van der Waals surface area contributed by atoms with Crippen LogP contribution in [0.15, 0.2) is 0 Å². The molecule has 0 radical (unpaired) electrons. The Labute approximate surface area is 87.5 Å². The molecule has 0 aromatic heterocycles. The van der Waals surface area contributed by atoms with E-state index in [9.17, 15) is 9.59 Å². The topological polar surface area (TPSA) is 86.6 Å². The number of rotatable bonds is 2. The molecular formula is C10H15NO4. The summed E-state index contributed by atoms with van der Waals surface area (Å²) < 4.78 is 0. The van der Waals surface area contributed by atoms with Gasteiger partial charge in [0.2, 0.25) is 0 Å². The third-order valence-electron chi connectivity index (χ3n) is 3.84. The second kappa shape index (κ2) is 3.20. The van der Waals surface area contributed by atoms with Crippen molar-refractivity contribution in [3.63, 3.8) is 0 Å². The van der Waals surface area contributed by atoms with Gasteiger partial charge in [-0.3, -0.25) is 9.59 Å². The number of piperidine rings is 1. The Hall–Kier alpha value is -1.10. The average molecular weight is 213 g/mol. The Morgan fingerprint density at radius 1 is 1.00 bits per heavy atom. The van der Waals surface area contributed by atoms with Gasteiger partial charge in [-0.1, -0.05) is 0 Å². The van der Waals surface area contributed by atoms with Crippen molar-refractivity contribution < 1.29 is 19.8 Å². The van der Waals surface area contributed by atoms with E-state index in [1.807, 2.05) is 0 Å². The highest BCUT2D eigenvalue weighted by atomic mass is 16.4.